The van der Waals surface area contributed by atoms with Crippen LogP contribution in [0.2, 0.25) is 0 Å². The fourth-order valence-electron chi connectivity index (χ4n) is 3.37. The number of guanidine groups is 1. The maximum Gasteiger partial charge on any atom is 0.203 e. The Labute approximate surface area is 172 Å². The minimum atomic E-state index is 0.0897. The lowest BCUT2D eigenvalue weighted by molar-refractivity contribution is 0.235. The van der Waals surface area contributed by atoms with Crippen molar-refractivity contribution >= 4 is 5.96 Å². The molecule has 0 aliphatic carbocycles. The van der Waals surface area contributed by atoms with Gasteiger partial charge in [0, 0.05) is 18.5 Å². The van der Waals surface area contributed by atoms with E-state index < -0.39 is 0 Å². The highest BCUT2D eigenvalue weighted by molar-refractivity contribution is 5.79. The number of rotatable bonds is 8. The van der Waals surface area contributed by atoms with Crippen molar-refractivity contribution in [2.75, 3.05) is 34.4 Å². The first-order valence-electron chi connectivity index (χ1n) is 9.74. The number of nitrogens with zero attached hydrogens (tertiary/aromatic N) is 1. The second-order valence-electron chi connectivity index (χ2n) is 6.62. The van der Waals surface area contributed by atoms with E-state index in [4.69, 9.17) is 23.9 Å². The topological polar surface area (TPSA) is 73.3 Å². The minimum absolute atomic E-state index is 0.0897. The van der Waals surface area contributed by atoms with E-state index in [0.29, 0.717) is 30.3 Å². The number of nitrogens with one attached hydrogen (secondary N) is 2. The zero-order valence-electron chi connectivity index (χ0n) is 17.5. The quantitative estimate of drug-likeness (QED) is 0.525. The lowest BCUT2D eigenvalue weighted by Crippen LogP contribution is -2.42. The van der Waals surface area contributed by atoms with Crippen LogP contribution < -0.4 is 29.6 Å². The molecule has 0 radical (unpaired) electrons. The zero-order valence-corrected chi connectivity index (χ0v) is 17.5. The van der Waals surface area contributed by atoms with Crippen LogP contribution in [0.3, 0.4) is 0 Å². The van der Waals surface area contributed by atoms with E-state index in [2.05, 4.69) is 16.7 Å². The summed E-state index contributed by atoms with van der Waals surface area (Å²) in [6.45, 7) is 3.91. The third kappa shape index (κ3) is 4.85. The van der Waals surface area contributed by atoms with Gasteiger partial charge in [0.2, 0.25) is 5.75 Å². The molecule has 2 aromatic rings. The average molecular weight is 399 g/mol. The van der Waals surface area contributed by atoms with Crippen LogP contribution in [0.15, 0.2) is 41.4 Å². The summed E-state index contributed by atoms with van der Waals surface area (Å²) in [7, 11) is 4.81. The first-order valence-corrected chi connectivity index (χ1v) is 9.74. The van der Waals surface area contributed by atoms with Crippen molar-refractivity contribution in [1.82, 2.24) is 10.6 Å². The molecule has 1 heterocycles. The standard InChI is InChI=1S/C22H29N3O4/c1-5-23-22(25-14-17-12-15-8-6-7-9-18(15)29-17)24-13-16-10-11-19(26-2)21(28-4)20(16)27-3/h6-11,17H,5,12-14H2,1-4H3,(H2,23,24,25). The van der Waals surface area contributed by atoms with Crippen LogP contribution in [0.25, 0.3) is 0 Å². The van der Waals surface area contributed by atoms with Gasteiger partial charge >= 0.3 is 0 Å². The first-order chi connectivity index (χ1) is 14.2. The van der Waals surface area contributed by atoms with Crippen molar-refractivity contribution in [3.63, 3.8) is 0 Å². The molecule has 1 aliphatic heterocycles. The number of methoxy groups -OCH3 is 3. The highest BCUT2D eigenvalue weighted by Gasteiger charge is 2.22. The first kappa shape index (κ1) is 20.6. The Balaban J connectivity index is 1.67. The number of aliphatic imine (C=N–C) groups is 1. The summed E-state index contributed by atoms with van der Waals surface area (Å²) in [5, 5.41) is 6.65. The molecule has 7 heteroatoms. The smallest absolute Gasteiger partial charge is 0.203 e. The molecule has 1 unspecified atom stereocenters. The van der Waals surface area contributed by atoms with Gasteiger partial charge in [-0.15, -0.1) is 0 Å². The molecule has 0 saturated carbocycles. The third-order valence-corrected chi connectivity index (χ3v) is 4.75. The van der Waals surface area contributed by atoms with Crippen LogP contribution in [0.4, 0.5) is 0 Å². The molecule has 29 heavy (non-hydrogen) atoms. The number of benzene rings is 2. The summed E-state index contributed by atoms with van der Waals surface area (Å²) in [5.74, 6) is 3.51. The summed E-state index contributed by atoms with van der Waals surface area (Å²) < 4.78 is 22.3. The van der Waals surface area contributed by atoms with Gasteiger partial charge in [-0.25, -0.2) is 4.99 Å². The van der Waals surface area contributed by atoms with Crippen molar-refractivity contribution < 1.29 is 18.9 Å². The third-order valence-electron chi connectivity index (χ3n) is 4.75. The van der Waals surface area contributed by atoms with Crippen LogP contribution in [-0.2, 0) is 13.0 Å². The fourth-order valence-corrected chi connectivity index (χ4v) is 3.37. The highest BCUT2D eigenvalue weighted by Crippen LogP contribution is 2.40. The Kier molecular flexibility index (Phi) is 7.05. The van der Waals surface area contributed by atoms with Gasteiger partial charge in [-0.1, -0.05) is 18.2 Å². The van der Waals surface area contributed by atoms with Crippen LogP contribution in [0.5, 0.6) is 23.0 Å². The van der Waals surface area contributed by atoms with Crippen molar-refractivity contribution in [2.24, 2.45) is 4.99 Å². The molecule has 0 spiro atoms. The number of hydrogen-bond acceptors (Lipinski definition) is 5. The molecule has 0 aromatic heterocycles. The second-order valence-corrected chi connectivity index (χ2v) is 6.62. The van der Waals surface area contributed by atoms with Gasteiger partial charge in [0.25, 0.3) is 0 Å². The van der Waals surface area contributed by atoms with Gasteiger partial charge in [-0.3, -0.25) is 0 Å². The molecule has 0 bridgehead atoms. The van der Waals surface area contributed by atoms with E-state index in [-0.39, 0.29) is 6.10 Å². The van der Waals surface area contributed by atoms with Crippen LogP contribution >= 0.6 is 0 Å². The molecule has 0 saturated heterocycles. The van der Waals surface area contributed by atoms with E-state index in [1.54, 1.807) is 21.3 Å². The van der Waals surface area contributed by atoms with Gasteiger partial charge in [0.15, 0.2) is 17.5 Å². The van der Waals surface area contributed by atoms with Crippen molar-refractivity contribution in [3.8, 4) is 23.0 Å². The molecule has 1 aliphatic rings. The summed E-state index contributed by atoms with van der Waals surface area (Å²) in [4.78, 5) is 4.70. The molecule has 0 amide bonds. The molecule has 3 rings (SSSR count). The Morgan fingerprint density at radius 1 is 1.03 bits per heavy atom. The van der Waals surface area contributed by atoms with Crippen LogP contribution in [0.1, 0.15) is 18.1 Å². The SMILES string of the molecule is CCNC(=NCc1ccc(OC)c(OC)c1OC)NCC1Cc2ccccc2O1. The molecule has 156 valence electrons. The summed E-state index contributed by atoms with van der Waals surface area (Å²) in [6.07, 6.45) is 0.985. The summed E-state index contributed by atoms with van der Waals surface area (Å²) in [6, 6.07) is 12.0. The van der Waals surface area contributed by atoms with E-state index in [9.17, 15) is 0 Å². The van der Waals surface area contributed by atoms with Gasteiger partial charge in [-0.05, 0) is 30.7 Å². The van der Waals surface area contributed by atoms with Crippen LogP contribution in [-0.4, -0.2) is 46.5 Å². The van der Waals surface area contributed by atoms with Crippen molar-refractivity contribution in [1.29, 1.82) is 0 Å². The molecule has 1 atom stereocenters. The van der Waals surface area contributed by atoms with Gasteiger partial charge in [0.1, 0.15) is 11.9 Å². The molecule has 2 N–H and O–H groups in total. The second kappa shape index (κ2) is 9.91. The van der Waals surface area contributed by atoms with E-state index >= 15 is 0 Å². The zero-order chi connectivity index (χ0) is 20.6. The Hall–Kier alpha value is -3.09. The minimum Gasteiger partial charge on any atom is -0.493 e. The number of para-hydroxylation sites is 1. The number of ether oxygens (including phenoxy) is 4. The van der Waals surface area contributed by atoms with Gasteiger partial charge < -0.3 is 29.6 Å². The number of hydrogen-bond donors (Lipinski definition) is 2. The lowest BCUT2D eigenvalue weighted by Gasteiger charge is -2.17. The van der Waals surface area contributed by atoms with Crippen LogP contribution in [0, 0.1) is 0 Å². The molecule has 0 fully saturated rings. The summed E-state index contributed by atoms with van der Waals surface area (Å²) in [5.41, 5.74) is 2.16. The largest absolute Gasteiger partial charge is 0.493 e. The summed E-state index contributed by atoms with van der Waals surface area (Å²) >= 11 is 0. The van der Waals surface area contributed by atoms with E-state index in [0.717, 1.165) is 30.2 Å². The van der Waals surface area contributed by atoms with E-state index in [1.165, 1.54) is 5.56 Å². The normalized spacial score (nSPS) is 15.3. The molecule has 7 nitrogen and oxygen atoms in total. The Morgan fingerprint density at radius 3 is 2.52 bits per heavy atom. The Bertz CT molecular complexity index is 829. The predicted octanol–water partition coefficient (Wildman–Crippen LogP) is 2.77. The maximum absolute atomic E-state index is 5.99. The monoisotopic (exact) mass is 399 g/mol. The predicted molar refractivity (Wildman–Crippen MR) is 113 cm³/mol. The molecule has 2 aromatic carbocycles. The average Bonchev–Trinajstić information content (AvgIpc) is 3.17. The number of fused-ring (bicyclic) bond motifs is 1. The van der Waals surface area contributed by atoms with Crippen molar-refractivity contribution in [2.45, 2.75) is 26.0 Å². The fraction of sp³-hybridized carbons (Fsp3) is 0.409. The maximum atomic E-state index is 5.99. The Morgan fingerprint density at radius 2 is 1.83 bits per heavy atom. The van der Waals surface area contributed by atoms with E-state index in [1.807, 2.05) is 37.3 Å². The van der Waals surface area contributed by atoms with Gasteiger partial charge in [0.05, 0.1) is 34.4 Å². The lowest BCUT2D eigenvalue weighted by atomic mass is 10.1. The van der Waals surface area contributed by atoms with Crippen molar-refractivity contribution in [3.05, 3.63) is 47.5 Å². The molecular formula is C22H29N3O4. The molecular weight excluding hydrogens is 370 g/mol. The highest BCUT2D eigenvalue weighted by atomic mass is 16.5. The van der Waals surface area contributed by atoms with Gasteiger partial charge in [-0.2, -0.15) is 0 Å².